The lowest BCUT2D eigenvalue weighted by atomic mass is 9.96. The number of pyridine rings is 1. The normalized spacial score (nSPS) is 14.7. The number of para-hydroxylation sites is 1. The number of fused-ring (bicyclic) bond motifs is 3. The quantitative estimate of drug-likeness (QED) is 0.243. The summed E-state index contributed by atoms with van der Waals surface area (Å²) >= 11 is 0. The van der Waals surface area contributed by atoms with Crippen LogP contribution < -0.4 is 4.57 Å². The topological polar surface area (TPSA) is 17.0 Å². The molecular weight excluding hydrogens is 426 g/mol. The molecule has 0 amide bonds. The van der Waals surface area contributed by atoms with Gasteiger partial charge in [0.15, 0.2) is 6.20 Å². The van der Waals surface area contributed by atoms with Gasteiger partial charge in [0.1, 0.15) is 18.2 Å². The number of rotatable bonds is 3. The van der Waals surface area contributed by atoms with Gasteiger partial charge < -0.3 is 4.42 Å². The minimum Gasteiger partial charge on any atom is -0.454 e. The van der Waals surface area contributed by atoms with Gasteiger partial charge in [-0.1, -0.05) is 78.9 Å². The average Bonchev–Trinajstić information content (AvgIpc) is 3.31. The van der Waals surface area contributed by atoms with Gasteiger partial charge in [0.25, 0.3) is 0 Å². The first-order chi connectivity index (χ1) is 19.4. The smallest absolute Gasteiger partial charge is 0.216 e. The molecule has 0 spiro atoms. The van der Waals surface area contributed by atoms with Gasteiger partial charge in [-0.05, 0) is 54.5 Å². The standard InChI is InChI=1S/C33H28NO/c1-21-16-17-29-28-15-9-14-27(26-13-8-12-25(19-26)24-10-6-5-7-11-24)32(28)35-33(29)31(21)30-18-22(2)23(3)20-34(30)4/h5-20H,1-4H3/q+1/i2D3,3D3. The third-order valence-corrected chi connectivity index (χ3v) is 6.69. The molecule has 35 heavy (non-hydrogen) atoms. The van der Waals surface area contributed by atoms with Gasteiger partial charge in [0.2, 0.25) is 5.69 Å². The monoisotopic (exact) mass is 460 g/mol. The van der Waals surface area contributed by atoms with Crippen molar-refractivity contribution >= 4 is 21.9 Å². The van der Waals surface area contributed by atoms with E-state index in [4.69, 9.17) is 12.6 Å². The number of hydrogen-bond donors (Lipinski definition) is 0. The lowest BCUT2D eigenvalue weighted by Crippen LogP contribution is -2.31. The van der Waals surface area contributed by atoms with Crippen LogP contribution in [0, 0.1) is 20.6 Å². The van der Waals surface area contributed by atoms with Crippen molar-refractivity contribution in [3.8, 4) is 33.5 Å². The molecule has 0 saturated heterocycles. The molecule has 2 nitrogen and oxygen atoms in total. The molecule has 4 aromatic carbocycles. The molecule has 6 aromatic rings. The fraction of sp³-hybridized carbons (Fsp3) is 0.121. The van der Waals surface area contributed by atoms with Gasteiger partial charge in [-0.3, -0.25) is 0 Å². The van der Waals surface area contributed by atoms with E-state index in [1.165, 1.54) is 12.3 Å². The zero-order chi connectivity index (χ0) is 29.1. The van der Waals surface area contributed by atoms with E-state index in [1.807, 2.05) is 61.5 Å². The summed E-state index contributed by atoms with van der Waals surface area (Å²) in [5.74, 6) is 0. The van der Waals surface area contributed by atoms with Crippen LogP contribution >= 0.6 is 0 Å². The highest BCUT2D eigenvalue weighted by Gasteiger charge is 2.22. The largest absolute Gasteiger partial charge is 0.454 e. The van der Waals surface area contributed by atoms with Crippen LogP contribution in [-0.2, 0) is 7.05 Å². The minimum atomic E-state index is -2.60. The van der Waals surface area contributed by atoms with E-state index < -0.39 is 13.7 Å². The third kappa shape index (κ3) is 3.54. The maximum Gasteiger partial charge on any atom is 0.216 e. The lowest BCUT2D eigenvalue weighted by molar-refractivity contribution is -0.660. The van der Waals surface area contributed by atoms with Gasteiger partial charge in [-0.25, -0.2) is 4.57 Å². The van der Waals surface area contributed by atoms with Crippen molar-refractivity contribution in [1.29, 1.82) is 0 Å². The molecule has 0 aliphatic rings. The summed E-state index contributed by atoms with van der Waals surface area (Å²) in [6, 6.07) is 30.1. The summed E-state index contributed by atoms with van der Waals surface area (Å²) < 4.78 is 56.4. The Labute approximate surface area is 214 Å². The number of aryl methyl sites for hydroxylation is 4. The number of hydrogen-bond acceptors (Lipinski definition) is 1. The summed E-state index contributed by atoms with van der Waals surface area (Å²) in [4.78, 5) is 0. The second-order valence-corrected chi connectivity index (χ2v) is 8.96. The van der Waals surface area contributed by atoms with Gasteiger partial charge in [-0.2, -0.15) is 0 Å². The molecule has 170 valence electrons. The number of nitrogens with zero attached hydrogens (tertiary/aromatic N) is 1. The average molecular weight is 461 g/mol. The maximum atomic E-state index is 8.08. The van der Waals surface area contributed by atoms with Crippen molar-refractivity contribution in [2.45, 2.75) is 20.6 Å². The summed E-state index contributed by atoms with van der Waals surface area (Å²) in [6.45, 7) is -3.22. The van der Waals surface area contributed by atoms with Gasteiger partial charge in [0, 0.05) is 36.2 Å². The molecule has 0 aliphatic heterocycles. The highest BCUT2D eigenvalue weighted by Crippen LogP contribution is 2.41. The Morgan fingerprint density at radius 3 is 2.23 bits per heavy atom. The van der Waals surface area contributed by atoms with Crippen LogP contribution in [0.1, 0.15) is 24.9 Å². The zero-order valence-electron chi connectivity index (χ0n) is 25.6. The van der Waals surface area contributed by atoms with Crippen LogP contribution in [0.25, 0.3) is 55.4 Å². The number of aromatic nitrogens is 1. The first-order valence-corrected chi connectivity index (χ1v) is 11.6. The van der Waals surface area contributed by atoms with Gasteiger partial charge in [0.05, 0.1) is 5.56 Å². The molecule has 6 rings (SSSR count). The molecule has 2 heterocycles. The molecule has 0 bridgehead atoms. The molecular formula is C33H28NO+. The van der Waals surface area contributed by atoms with Crippen molar-refractivity contribution < 1.29 is 17.2 Å². The van der Waals surface area contributed by atoms with Crippen LogP contribution in [0.5, 0.6) is 0 Å². The van der Waals surface area contributed by atoms with Crippen molar-refractivity contribution in [2.75, 3.05) is 0 Å². The highest BCUT2D eigenvalue weighted by molar-refractivity contribution is 6.13. The van der Waals surface area contributed by atoms with Gasteiger partial charge >= 0.3 is 0 Å². The highest BCUT2D eigenvalue weighted by atomic mass is 16.3. The van der Waals surface area contributed by atoms with E-state index in [-0.39, 0.29) is 11.1 Å². The summed E-state index contributed by atoms with van der Waals surface area (Å²) in [6.07, 6.45) is 1.41. The van der Waals surface area contributed by atoms with Crippen LogP contribution in [0.4, 0.5) is 0 Å². The Hall–Kier alpha value is -4.17. The Morgan fingerprint density at radius 1 is 0.657 bits per heavy atom. The Balaban J connectivity index is 1.60. The molecule has 2 aromatic heterocycles. The third-order valence-electron chi connectivity index (χ3n) is 6.69. The van der Waals surface area contributed by atoms with E-state index >= 15 is 0 Å². The van der Waals surface area contributed by atoms with Crippen LogP contribution in [0.15, 0.2) is 102 Å². The Morgan fingerprint density at radius 2 is 1.40 bits per heavy atom. The second kappa shape index (κ2) is 8.25. The van der Waals surface area contributed by atoms with E-state index in [1.54, 1.807) is 11.6 Å². The molecule has 0 radical (unpaired) electrons. The van der Waals surface area contributed by atoms with Crippen LogP contribution in [-0.4, -0.2) is 0 Å². The fourth-order valence-electron chi connectivity index (χ4n) is 4.90. The molecule has 2 heteroatoms. The SMILES string of the molecule is [2H]C([2H])([2H])c1cc(-c2c(C)ccc3c2oc2c(-c4cccc(-c5ccccc5)c4)cccc23)[n+](C)cc1C([2H])([2H])[2H]. The van der Waals surface area contributed by atoms with E-state index in [2.05, 4.69) is 30.3 Å². The summed E-state index contributed by atoms with van der Waals surface area (Å²) in [5.41, 5.74) is 7.38. The minimum absolute atomic E-state index is 0.182. The van der Waals surface area contributed by atoms with Crippen molar-refractivity contribution in [3.63, 3.8) is 0 Å². The van der Waals surface area contributed by atoms with Gasteiger partial charge in [-0.15, -0.1) is 0 Å². The van der Waals surface area contributed by atoms with Crippen molar-refractivity contribution in [3.05, 3.63) is 114 Å². The van der Waals surface area contributed by atoms with E-state index in [0.29, 0.717) is 11.3 Å². The molecule has 0 atom stereocenters. The predicted octanol–water partition coefficient (Wildman–Crippen LogP) is 8.34. The maximum absolute atomic E-state index is 8.08. The first-order valence-electron chi connectivity index (χ1n) is 14.6. The number of benzene rings is 4. The molecule has 0 N–H and O–H groups in total. The first kappa shape index (κ1) is 15.7. The fourth-order valence-corrected chi connectivity index (χ4v) is 4.90. The lowest BCUT2D eigenvalue weighted by Gasteiger charge is -2.08. The second-order valence-electron chi connectivity index (χ2n) is 8.96. The zero-order valence-corrected chi connectivity index (χ0v) is 19.6. The van der Waals surface area contributed by atoms with E-state index in [9.17, 15) is 0 Å². The Bertz CT molecular complexity index is 1930. The Kier molecular flexibility index (Phi) is 3.69. The molecule has 0 unspecified atom stereocenters. The van der Waals surface area contributed by atoms with E-state index in [0.717, 1.165) is 49.7 Å². The molecule has 0 saturated carbocycles. The molecule has 0 fully saturated rings. The van der Waals surface area contributed by atoms with Crippen LogP contribution in [0.3, 0.4) is 0 Å². The summed E-state index contributed by atoms with van der Waals surface area (Å²) in [7, 11) is 1.73. The van der Waals surface area contributed by atoms with Crippen molar-refractivity contribution in [2.24, 2.45) is 7.05 Å². The summed E-state index contributed by atoms with van der Waals surface area (Å²) in [5, 5.41) is 1.85. The van der Waals surface area contributed by atoms with Crippen molar-refractivity contribution in [1.82, 2.24) is 0 Å². The van der Waals surface area contributed by atoms with Crippen LogP contribution in [0.2, 0.25) is 0 Å². The predicted molar refractivity (Wildman–Crippen MR) is 145 cm³/mol. The molecule has 0 aliphatic carbocycles. The number of furan rings is 1.